The summed E-state index contributed by atoms with van der Waals surface area (Å²) in [5, 5.41) is 14.2. The maximum Gasteiger partial charge on any atom is 0.288 e. The van der Waals surface area contributed by atoms with Crippen molar-refractivity contribution in [2.45, 2.75) is 17.4 Å². The van der Waals surface area contributed by atoms with Gasteiger partial charge in [-0.1, -0.05) is 0 Å². The van der Waals surface area contributed by atoms with E-state index in [2.05, 4.69) is 5.32 Å². The smallest absolute Gasteiger partial charge is 0.288 e. The van der Waals surface area contributed by atoms with Gasteiger partial charge in [0, 0.05) is 43.2 Å². The molecule has 7 nitrogen and oxygen atoms in total. The van der Waals surface area contributed by atoms with Crippen molar-refractivity contribution in [3.8, 4) is 0 Å². The maximum absolute atomic E-state index is 13.9. The Morgan fingerprint density at radius 2 is 1.96 bits per heavy atom. The van der Waals surface area contributed by atoms with Crippen molar-refractivity contribution in [1.29, 1.82) is 0 Å². The second-order valence-corrected chi connectivity index (χ2v) is 8.37. The van der Waals surface area contributed by atoms with Gasteiger partial charge < -0.3 is 10.2 Å². The quantitative estimate of drug-likeness (QED) is 0.616. The Bertz CT molecular complexity index is 998. The summed E-state index contributed by atoms with van der Waals surface area (Å²) in [7, 11) is -3.78. The van der Waals surface area contributed by atoms with Crippen LogP contribution in [-0.4, -0.2) is 38.7 Å². The van der Waals surface area contributed by atoms with Gasteiger partial charge in [-0.05, 0) is 30.7 Å². The van der Waals surface area contributed by atoms with Crippen LogP contribution in [0.5, 0.6) is 0 Å². The molecule has 10 heteroatoms. The summed E-state index contributed by atoms with van der Waals surface area (Å²) in [5.74, 6) is -1.30. The Kier molecular flexibility index (Phi) is 5.01. The van der Waals surface area contributed by atoms with Crippen LogP contribution in [0.1, 0.15) is 6.42 Å². The summed E-state index contributed by atoms with van der Waals surface area (Å²) < 4.78 is 50.7. The first-order chi connectivity index (χ1) is 12.6. The van der Waals surface area contributed by atoms with E-state index in [-0.39, 0.29) is 10.9 Å². The fraction of sp³-hybridized carbons (Fsp3) is 0.294. The van der Waals surface area contributed by atoms with Crippen molar-refractivity contribution >= 4 is 26.9 Å². The Morgan fingerprint density at radius 1 is 1.22 bits per heavy atom. The van der Waals surface area contributed by atoms with Gasteiger partial charge in [-0.3, -0.25) is 10.1 Å². The van der Waals surface area contributed by atoms with Crippen molar-refractivity contribution in [2.75, 3.05) is 29.6 Å². The SMILES string of the molecule is CS(=O)(=O)c1cc(NC2CCN(c3ccc(F)cc3F)C2)ccc1[N+](=O)[O-]. The summed E-state index contributed by atoms with van der Waals surface area (Å²) in [4.78, 5) is 11.7. The number of nitro benzene ring substituents is 1. The summed E-state index contributed by atoms with van der Waals surface area (Å²) in [5.41, 5.74) is 0.234. The Morgan fingerprint density at radius 3 is 2.59 bits per heavy atom. The lowest BCUT2D eigenvalue weighted by Crippen LogP contribution is -2.26. The number of anilines is 2. The van der Waals surface area contributed by atoms with Gasteiger partial charge in [0.2, 0.25) is 0 Å². The molecule has 3 rings (SSSR count). The molecule has 0 saturated carbocycles. The van der Waals surface area contributed by atoms with Crippen LogP contribution >= 0.6 is 0 Å². The van der Waals surface area contributed by atoms with E-state index in [0.29, 0.717) is 30.9 Å². The third-order valence-corrected chi connectivity index (χ3v) is 5.49. The van der Waals surface area contributed by atoms with Crippen molar-refractivity contribution in [1.82, 2.24) is 0 Å². The Balaban J connectivity index is 1.78. The summed E-state index contributed by atoms with van der Waals surface area (Å²) >= 11 is 0. The van der Waals surface area contributed by atoms with Gasteiger partial charge in [-0.15, -0.1) is 0 Å². The number of nitrogens with one attached hydrogen (secondary N) is 1. The number of sulfone groups is 1. The number of halogens is 2. The lowest BCUT2D eigenvalue weighted by molar-refractivity contribution is -0.387. The molecule has 1 saturated heterocycles. The first kappa shape index (κ1) is 19.0. The summed E-state index contributed by atoms with van der Waals surface area (Å²) in [6.45, 7) is 0.958. The normalized spacial score (nSPS) is 17.1. The number of benzene rings is 2. The van der Waals surface area contributed by atoms with Gasteiger partial charge in [0.25, 0.3) is 5.69 Å². The zero-order valence-corrected chi connectivity index (χ0v) is 15.2. The summed E-state index contributed by atoms with van der Waals surface area (Å²) in [6.07, 6.45) is 1.55. The Labute approximate surface area is 154 Å². The molecule has 1 aliphatic rings. The van der Waals surface area contributed by atoms with Crippen molar-refractivity contribution in [3.05, 3.63) is 58.1 Å². The third kappa shape index (κ3) is 4.16. The number of hydrogen-bond acceptors (Lipinski definition) is 6. The molecule has 0 radical (unpaired) electrons. The molecule has 1 N–H and O–H groups in total. The summed E-state index contributed by atoms with van der Waals surface area (Å²) in [6, 6.07) is 7.08. The molecule has 2 aromatic rings. The fourth-order valence-electron chi connectivity index (χ4n) is 3.12. The largest absolute Gasteiger partial charge is 0.380 e. The minimum Gasteiger partial charge on any atom is -0.380 e. The van der Waals surface area contributed by atoms with Gasteiger partial charge in [0.1, 0.15) is 16.5 Å². The standard InChI is InChI=1S/C17H17F2N3O4S/c1-27(25,26)17-9-12(3-5-16(17)22(23)24)20-13-6-7-21(10-13)15-4-2-11(18)8-14(15)19/h2-5,8-9,13,20H,6-7,10H2,1H3. The average Bonchev–Trinajstić information content (AvgIpc) is 3.02. The second kappa shape index (κ2) is 7.10. The minimum atomic E-state index is -3.78. The van der Waals surface area contributed by atoms with Gasteiger partial charge in [0.05, 0.1) is 10.6 Å². The second-order valence-electron chi connectivity index (χ2n) is 6.38. The molecule has 0 amide bonds. The average molecular weight is 397 g/mol. The minimum absolute atomic E-state index is 0.122. The first-order valence-electron chi connectivity index (χ1n) is 8.10. The van der Waals surface area contributed by atoms with Crippen molar-refractivity contribution in [2.24, 2.45) is 0 Å². The van der Waals surface area contributed by atoms with E-state index in [1.54, 1.807) is 4.90 Å². The zero-order chi connectivity index (χ0) is 19.8. The highest BCUT2D eigenvalue weighted by atomic mass is 32.2. The number of hydrogen-bond donors (Lipinski definition) is 1. The van der Waals surface area contributed by atoms with E-state index < -0.39 is 32.1 Å². The van der Waals surface area contributed by atoms with Crippen LogP contribution in [0.3, 0.4) is 0 Å². The van der Waals surface area contributed by atoms with E-state index in [4.69, 9.17) is 0 Å². The van der Waals surface area contributed by atoms with Gasteiger partial charge in [-0.25, -0.2) is 17.2 Å². The van der Waals surface area contributed by atoms with Gasteiger partial charge >= 0.3 is 0 Å². The molecule has 1 fully saturated rings. The lowest BCUT2D eigenvalue weighted by Gasteiger charge is -2.20. The third-order valence-electron chi connectivity index (χ3n) is 4.37. The van der Waals surface area contributed by atoms with Crippen LogP contribution in [0.15, 0.2) is 41.3 Å². The van der Waals surface area contributed by atoms with Crippen LogP contribution in [0.2, 0.25) is 0 Å². The van der Waals surface area contributed by atoms with E-state index in [0.717, 1.165) is 18.4 Å². The molecule has 1 unspecified atom stereocenters. The fourth-order valence-corrected chi connectivity index (χ4v) is 3.99. The molecular weight excluding hydrogens is 380 g/mol. The number of rotatable bonds is 5. The monoisotopic (exact) mass is 397 g/mol. The van der Waals surface area contributed by atoms with Crippen LogP contribution in [-0.2, 0) is 9.84 Å². The Hall–Kier alpha value is -2.75. The maximum atomic E-state index is 13.9. The van der Waals surface area contributed by atoms with E-state index in [9.17, 15) is 27.3 Å². The molecule has 0 bridgehead atoms. The highest BCUT2D eigenvalue weighted by molar-refractivity contribution is 7.90. The van der Waals surface area contributed by atoms with Crippen molar-refractivity contribution < 1.29 is 22.1 Å². The predicted octanol–water partition coefficient (Wildman–Crippen LogP) is 2.97. The van der Waals surface area contributed by atoms with Crippen LogP contribution in [0.4, 0.5) is 25.8 Å². The molecule has 27 heavy (non-hydrogen) atoms. The molecule has 1 atom stereocenters. The molecule has 0 aromatic heterocycles. The van der Waals surface area contributed by atoms with Gasteiger partial charge in [-0.2, -0.15) is 0 Å². The van der Waals surface area contributed by atoms with Gasteiger partial charge in [0.15, 0.2) is 9.84 Å². The lowest BCUT2D eigenvalue weighted by atomic mass is 10.2. The highest BCUT2D eigenvalue weighted by Crippen LogP contribution is 2.29. The zero-order valence-electron chi connectivity index (χ0n) is 14.4. The van der Waals surface area contributed by atoms with Crippen LogP contribution < -0.4 is 10.2 Å². The molecule has 0 spiro atoms. The number of nitrogens with zero attached hydrogens (tertiary/aromatic N) is 2. The molecule has 2 aromatic carbocycles. The molecule has 144 valence electrons. The highest BCUT2D eigenvalue weighted by Gasteiger charge is 2.26. The predicted molar refractivity (Wildman–Crippen MR) is 96.8 cm³/mol. The first-order valence-corrected chi connectivity index (χ1v) is 9.99. The number of nitro groups is 1. The van der Waals surface area contributed by atoms with Crippen molar-refractivity contribution in [3.63, 3.8) is 0 Å². The van der Waals surface area contributed by atoms with Crippen LogP contribution in [0, 0.1) is 21.7 Å². The van der Waals surface area contributed by atoms with E-state index >= 15 is 0 Å². The topological polar surface area (TPSA) is 92.6 Å². The van der Waals surface area contributed by atoms with E-state index in [1.165, 1.54) is 24.3 Å². The van der Waals surface area contributed by atoms with E-state index in [1.807, 2.05) is 0 Å². The van der Waals surface area contributed by atoms with Crippen LogP contribution in [0.25, 0.3) is 0 Å². The molecule has 0 aliphatic carbocycles. The molecular formula is C17H17F2N3O4S. The molecule has 1 heterocycles. The molecule has 1 aliphatic heterocycles.